The van der Waals surface area contributed by atoms with Gasteiger partial charge in [-0.1, -0.05) is 6.07 Å². The molecule has 2 heterocycles. The lowest BCUT2D eigenvalue weighted by atomic mass is 10.3. The number of hydrogen-bond acceptors (Lipinski definition) is 7. The molecule has 0 aromatic carbocycles. The van der Waals surface area contributed by atoms with E-state index < -0.39 is 0 Å². The Bertz CT molecular complexity index is 512. The predicted octanol–water partition coefficient (Wildman–Crippen LogP) is 0.527. The van der Waals surface area contributed by atoms with E-state index in [1.54, 1.807) is 17.3 Å². The van der Waals surface area contributed by atoms with E-state index in [9.17, 15) is 0 Å². The molecule has 0 unspecified atom stereocenters. The third kappa shape index (κ3) is 3.03. The van der Waals surface area contributed by atoms with Gasteiger partial charge in [-0.05, 0) is 11.6 Å². The third-order valence-electron chi connectivity index (χ3n) is 2.21. The van der Waals surface area contributed by atoms with Crippen LogP contribution in [0.25, 0.3) is 0 Å². The zero-order chi connectivity index (χ0) is 13.0. The second kappa shape index (κ2) is 5.26. The second-order valence-corrected chi connectivity index (χ2v) is 3.93. The molecule has 3 N–H and O–H groups in total. The minimum atomic E-state index is 0.197. The number of nitrogens with one attached hydrogen (secondary N) is 1. The quantitative estimate of drug-likeness (QED) is 0.811. The molecule has 2 aromatic heterocycles. The number of aromatic nitrogens is 4. The summed E-state index contributed by atoms with van der Waals surface area (Å²) in [4.78, 5) is 18.1. The zero-order valence-corrected chi connectivity index (χ0v) is 10.3. The van der Waals surface area contributed by atoms with Gasteiger partial charge >= 0.3 is 0 Å². The Morgan fingerprint density at radius 2 is 2.11 bits per heavy atom. The summed E-state index contributed by atoms with van der Waals surface area (Å²) in [6.07, 6.45) is 3.51. The highest BCUT2D eigenvalue weighted by Crippen LogP contribution is 2.10. The topological polar surface area (TPSA) is 92.9 Å². The third-order valence-corrected chi connectivity index (χ3v) is 2.21. The molecule has 0 amide bonds. The highest BCUT2D eigenvalue weighted by Gasteiger charge is 2.05. The van der Waals surface area contributed by atoms with Crippen LogP contribution in [0.4, 0.5) is 17.8 Å². The smallest absolute Gasteiger partial charge is 0.231 e. The van der Waals surface area contributed by atoms with Crippen LogP contribution in [0.1, 0.15) is 5.56 Å². The fraction of sp³-hybridized carbons (Fsp3) is 0.273. The van der Waals surface area contributed by atoms with Gasteiger partial charge in [0.2, 0.25) is 17.8 Å². The van der Waals surface area contributed by atoms with Crippen molar-refractivity contribution in [3.05, 3.63) is 30.1 Å². The molecule has 0 spiro atoms. The van der Waals surface area contributed by atoms with Gasteiger partial charge in [-0.15, -0.1) is 0 Å². The van der Waals surface area contributed by atoms with Crippen molar-refractivity contribution < 1.29 is 0 Å². The van der Waals surface area contributed by atoms with E-state index in [4.69, 9.17) is 5.73 Å². The second-order valence-electron chi connectivity index (χ2n) is 3.93. The Morgan fingerprint density at radius 3 is 2.78 bits per heavy atom. The largest absolute Gasteiger partial charge is 0.368 e. The van der Waals surface area contributed by atoms with Crippen LogP contribution >= 0.6 is 0 Å². The molecule has 0 saturated carbocycles. The number of nitrogens with two attached hydrogens (primary N) is 1. The Kier molecular flexibility index (Phi) is 3.52. The molecule has 0 aliphatic rings. The monoisotopic (exact) mass is 245 g/mol. The fourth-order valence-corrected chi connectivity index (χ4v) is 1.34. The number of nitrogens with zero attached hydrogens (tertiary/aromatic N) is 5. The zero-order valence-electron chi connectivity index (χ0n) is 10.3. The molecule has 0 aliphatic carbocycles. The number of nitrogen functional groups attached to an aromatic ring is 1. The van der Waals surface area contributed by atoms with Crippen LogP contribution in [0.5, 0.6) is 0 Å². The van der Waals surface area contributed by atoms with E-state index >= 15 is 0 Å². The Hall–Kier alpha value is -2.44. The molecular weight excluding hydrogens is 230 g/mol. The Balaban J connectivity index is 2.10. The summed E-state index contributed by atoms with van der Waals surface area (Å²) >= 11 is 0. The van der Waals surface area contributed by atoms with Gasteiger partial charge in [0.25, 0.3) is 0 Å². The summed E-state index contributed by atoms with van der Waals surface area (Å²) in [5.41, 5.74) is 6.67. The molecule has 7 nitrogen and oxygen atoms in total. The molecule has 7 heteroatoms. The van der Waals surface area contributed by atoms with Crippen molar-refractivity contribution in [3.63, 3.8) is 0 Å². The van der Waals surface area contributed by atoms with E-state index in [0.29, 0.717) is 18.4 Å². The van der Waals surface area contributed by atoms with E-state index in [1.165, 1.54) is 0 Å². The average molecular weight is 245 g/mol. The maximum Gasteiger partial charge on any atom is 0.231 e. The molecule has 2 aromatic rings. The first-order chi connectivity index (χ1) is 8.65. The van der Waals surface area contributed by atoms with Crippen molar-refractivity contribution in [2.45, 2.75) is 6.54 Å². The van der Waals surface area contributed by atoms with Gasteiger partial charge in [0.15, 0.2) is 0 Å². The highest BCUT2D eigenvalue weighted by molar-refractivity contribution is 5.41. The maximum atomic E-state index is 5.62. The van der Waals surface area contributed by atoms with Crippen molar-refractivity contribution in [1.82, 2.24) is 19.9 Å². The maximum absolute atomic E-state index is 5.62. The van der Waals surface area contributed by atoms with E-state index in [2.05, 4.69) is 25.3 Å². The molecule has 0 saturated heterocycles. The van der Waals surface area contributed by atoms with Crippen molar-refractivity contribution in [2.24, 2.45) is 0 Å². The van der Waals surface area contributed by atoms with Gasteiger partial charge < -0.3 is 16.0 Å². The minimum absolute atomic E-state index is 0.197. The van der Waals surface area contributed by atoms with Crippen molar-refractivity contribution in [1.29, 1.82) is 0 Å². The summed E-state index contributed by atoms with van der Waals surface area (Å²) in [6, 6.07) is 3.85. The first-order valence-electron chi connectivity index (χ1n) is 5.47. The summed E-state index contributed by atoms with van der Waals surface area (Å²) < 4.78 is 0. The van der Waals surface area contributed by atoms with Crippen LogP contribution in [-0.4, -0.2) is 34.0 Å². The summed E-state index contributed by atoms with van der Waals surface area (Å²) in [5, 5.41) is 3.09. The Labute approximate surface area is 105 Å². The van der Waals surface area contributed by atoms with Crippen LogP contribution in [-0.2, 0) is 6.54 Å². The highest BCUT2D eigenvalue weighted by atomic mass is 15.3. The summed E-state index contributed by atoms with van der Waals surface area (Å²) in [5.74, 6) is 1.17. The number of anilines is 3. The molecule has 0 fully saturated rings. The SMILES string of the molecule is CN(C)c1nc(N)nc(NCc2cccnc2)n1. The lowest BCUT2D eigenvalue weighted by Gasteiger charge is -2.12. The lowest BCUT2D eigenvalue weighted by Crippen LogP contribution is -2.16. The molecule has 0 aliphatic heterocycles. The molecule has 2 rings (SSSR count). The van der Waals surface area contributed by atoms with E-state index in [0.717, 1.165) is 5.56 Å². The van der Waals surface area contributed by atoms with Crippen molar-refractivity contribution in [2.75, 3.05) is 30.0 Å². The summed E-state index contributed by atoms with van der Waals surface area (Å²) in [6.45, 7) is 0.587. The summed E-state index contributed by atoms with van der Waals surface area (Å²) in [7, 11) is 3.69. The van der Waals surface area contributed by atoms with Crippen LogP contribution < -0.4 is 16.0 Å². The standard InChI is InChI=1S/C11H15N7/c1-18(2)11-16-9(12)15-10(17-11)14-7-8-4-3-5-13-6-8/h3-6H,7H2,1-2H3,(H3,12,14,15,16,17). The fourth-order valence-electron chi connectivity index (χ4n) is 1.34. The van der Waals surface area contributed by atoms with Gasteiger partial charge in [-0.3, -0.25) is 4.98 Å². The van der Waals surface area contributed by atoms with Crippen molar-refractivity contribution >= 4 is 17.8 Å². The van der Waals surface area contributed by atoms with Crippen LogP contribution in [0.3, 0.4) is 0 Å². The van der Waals surface area contributed by atoms with E-state index in [1.807, 2.05) is 26.2 Å². The van der Waals surface area contributed by atoms with Crippen molar-refractivity contribution in [3.8, 4) is 0 Å². The van der Waals surface area contributed by atoms with Gasteiger partial charge in [0, 0.05) is 33.0 Å². The van der Waals surface area contributed by atoms with Gasteiger partial charge in [0.05, 0.1) is 0 Å². The van der Waals surface area contributed by atoms with Crippen LogP contribution in [0.2, 0.25) is 0 Å². The lowest BCUT2D eigenvalue weighted by molar-refractivity contribution is 0.949. The molecule has 18 heavy (non-hydrogen) atoms. The Morgan fingerprint density at radius 1 is 1.28 bits per heavy atom. The van der Waals surface area contributed by atoms with Crippen LogP contribution in [0, 0.1) is 0 Å². The number of hydrogen-bond donors (Lipinski definition) is 2. The molecular formula is C11H15N7. The normalized spacial score (nSPS) is 10.1. The molecule has 0 radical (unpaired) electrons. The van der Waals surface area contributed by atoms with Gasteiger partial charge in [-0.2, -0.15) is 15.0 Å². The first kappa shape index (κ1) is 12.0. The molecule has 0 atom stereocenters. The predicted molar refractivity (Wildman–Crippen MR) is 70.1 cm³/mol. The van der Waals surface area contributed by atoms with Crippen LogP contribution in [0.15, 0.2) is 24.5 Å². The van der Waals surface area contributed by atoms with Gasteiger partial charge in [-0.25, -0.2) is 0 Å². The van der Waals surface area contributed by atoms with E-state index in [-0.39, 0.29) is 5.95 Å². The first-order valence-corrected chi connectivity index (χ1v) is 5.47. The number of rotatable bonds is 4. The average Bonchev–Trinajstić information content (AvgIpc) is 2.37. The van der Waals surface area contributed by atoms with Gasteiger partial charge in [0.1, 0.15) is 0 Å². The number of pyridine rings is 1. The minimum Gasteiger partial charge on any atom is -0.368 e. The molecule has 0 bridgehead atoms. The molecule has 94 valence electrons.